The number of benzene rings is 1. The first-order chi connectivity index (χ1) is 7.81. The van der Waals surface area contributed by atoms with Crippen LogP contribution >= 0.6 is 0 Å². The molecule has 16 heavy (non-hydrogen) atoms. The first kappa shape index (κ1) is 12.3. The van der Waals surface area contributed by atoms with Gasteiger partial charge in [-0.2, -0.15) is 5.26 Å². The number of nitrogens with zero attached hydrogens (tertiary/aromatic N) is 1. The summed E-state index contributed by atoms with van der Waals surface area (Å²) >= 11 is 0. The van der Waals surface area contributed by atoms with Gasteiger partial charge in [0.05, 0.1) is 7.11 Å². The second kappa shape index (κ2) is 6.70. The highest BCUT2D eigenvalue weighted by Crippen LogP contribution is 2.27. The average molecular weight is 220 g/mol. The summed E-state index contributed by atoms with van der Waals surface area (Å²) < 4.78 is 10.4. The lowest BCUT2D eigenvalue weighted by Crippen LogP contribution is -2.11. The van der Waals surface area contributed by atoms with Crippen molar-refractivity contribution >= 4 is 0 Å². The maximum Gasteiger partial charge on any atom is 0.174 e. The lowest BCUT2D eigenvalue weighted by atomic mass is 10.2. The van der Waals surface area contributed by atoms with Crippen LogP contribution in [-0.4, -0.2) is 20.3 Å². The number of ether oxygens (including phenoxy) is 2. The number of methoxy groups -OCH3 is 1. The molecule has 0 fully saturated rings. The van der Waals surface area contributed by atoms with E-state index in [1.165, 1.54) is 0 Å². The molecule has 0 bridgehead atoms. The zero-order chi connectivity index (χ0) is 11.8. The van der Waals surface area contributed by atoms with Crippen molar-refractivity contribution in [2.24, 2.45) is 0 Å². The fraction of sp³-hybridized carbons (Fsp3) is 0.417. The van der Waals surface area contributed by atoms with Gasteiger partial charge in [0.25, 0.3) is 0 Å². The smallest absolute Gasteiger partial charge is 0.174 e. The highest BCUT2D eigenvalue weighted by atomic mass is 16.5. The largest absolute Gasteiger partial charge is 0.493 e. The standard InChI is InChI=1S/C12H16N2O2/c1-3-14-9-10-4-5-11(15-2)12(8-10)16-7-6-13/h4-5,8,14H,3,7,9H2,1-2H3. The van der Waals surface area contributed by atoms with Crippen LogP contribution in [0.3, 0.4) is 0 Å². The molecule has 0 aliphatic carbocycles. The average Bonchev–Trinajstić information content (AvgIpc) is 2.33. The van der Waals surface area contributed by atoms with E-state index < -0.39 is 0 Å². The van der Waals surface area contributed by atoms with Gasteiger partial charge < -0.3 is 14.8 Å². The Morgan fingerprint density at radius 1 is 1.38 bits per heavy atom. The summed E-state index contributed by atoms with van der Waals surface area (Å²) in [6.45, 7) is 3.78. The Balaban J connectivity index is 2.79. The minimum absolute atomic E-state index is 0.0288. The van der Waals surface area contributed by atoms with E-state index in [4.69, 9.17) is 14.7 Å². The summed E-state index contributed by atoms with van der Waals surface area (Å²) in [4.78, 5) is 0. The number of rotatable bonds is 6. The molecule has 0 aliphatic rings. The van der Waals surface area contributed by atoms with Crippen molar-refractivity contribution in [3.8, 4) is 17.6 Å². The van der Waals surface area contributed by atoms with E-state index in [-0.39, 0.29) is 6.61 Å². The van der Waals surface area contributed by atoms with Gasteiger partial charge in [-0.1, -0.05) is 13.0 Å². The Morgan fingerprint density at radius 3 is 2.81 bits per heavy atom. The molecule has 0 saturated carbocycles. The molecule has 0 aromatic heterocycles. The van der Waals surface area contributed by atoms with Gasteiger partial charge in [0.1, 0.15) is 6.07 Å². The molecule has 0 atom stereocenters. The highest BCUT2D eigenvalue weighted by Gasteiger charge is 2.05. The Bertz CT molecular complexity index is 372. The number of nitriles is 1. The zero-order valence-electron chi connectivity index (χ0n) is 9.62. The fourth-order valence-electron chi connectivity index (χ4n) is 1.32. The van der Waals surface area contributed by atoms with E-state index in [9.17, 15) is 0 Å². The van der Waals surface area contributed by atoms with E-state index in [0.717, 1.165) is 18.7 Å². The molecule has 0 spiro atoms. The van der Waals surface area contributed by atoms with E-state index in [0.29, 0.717) is 11.5 Å². The molecular weight excluding hydrogens is 204 g/mol. The predicted molar refractivity (Wildman–Crippen MR) is 61.5 cm³/mol. The SMILES string of the molecule is CCNCc1ccc(OC)c(OCC#N)c1. The zero-order valence-corrected chi connectivity index (χ0v) is 9.62. The van der Waals surface area contributed by atoms with Gasteiger partial charge in [-0.15, -0.1) is 0 Å². The van der Waals surface area contributed by atoms with Gasteiger partial charge in [-0.05, 0) is 24.2 Å². The Hall–Kier alpha value is -1.73. The number of hydrogen-bond donors (Lipinski definition) is 1. The van der Waals surface area contributed by atoms with Gasteiger partial charge in [0.15, 0.2) is 18.1 Å². The molecule has 1 aromatic rings. The van der Waals surface area contributed by atoms with E-state index in [2.05, 4.69) is 12.2 Å². The third kappa shape index (κ3) is 3.44. The summed E-state index contributed by atoms with van der Waals surface area (Å²) in [6.07, 6.45) is 0. The van der Waals surface area contributed by atoms with E-state index in [1.807, 2.05) is 24.3 Å². The maximum absolute atomic E-state index is 8.47. The van der Waals surface area contributed by atoms with Crippen molar-refractivity contribution in [3.63, 3.8) is 0 Å². The monoisotopic (exact) mass is 220 g/mol. The van der Waals surface area contributed by atoms with Gasteiger partial charge in [-0.3, -0.25) is 0 Å². The maximum atomic E-state index is 8.47. The lowest BCUT2D eigenvalue weighted by molar-refractivity contribution is 0.329. The van der Waals surface area contributed by atoms with Crippen LogP contribution in [0.2, 0.25) is 0 Å². The summed E-state index contributed by atoms with van der Waals surface area (Å²) in [5, 5.41) is 11.7. The van der Waals surface area contributed by atoms with E-state index >= 15 is 0 Å². The number of nitrogens with one attached hydrogen (secondary N) is 1. The molecular formula is C12H16N2O2. The quantitative estimate of drug-likeness (QED) is 0.793. The van der Waals surface area contributed by atoms with Gasteiger partial charge in [-0.25, -0.2) is 0 Å². The minimum Gasteiger partial charge on any atom is -0.493 e. The summed E-state index contributed by atoms with van der Waals surface area (Å²) in [6, 6.07) is 7.64. The van der Waals surface area contributed by atoms with Crippen molar-refractivity contribution in [1.82, 2.24) is 5.32 Å². The molecule has 0 radical (unpaired) electrons. The van der Waals surface area contributed by atoms with Crippen LogP contribution in [0.5, 0.6) is 11.5 Å². The van der Waals surface area contributed by atoms with Crippen LogP contribution in [-0.2, 0) is 6.54 Å². The Morgan fingerprint density at radius 2 is 2.19 bits per heavy atom. The van der Waals surface area contributed by atoms with Gasteiger partial charge in [0, 0.05) is 6.54 Å². The second-order valence-electron chi connectivity index (χ2n) is 3.21. The molecule has 86 valence electrons. The first-order valence-electron chi connectivity index (χ1n) is 5.19. The van der Waals surface area contributed by atoms with Crippen LogP contribution in [0, 0.1) is 11.3 Å². The van der Waals surface area contributed by atoms with Crippen LogP contribution in [0.15, 0.2) is 18.2 Å². The third-order valence-corrected chi connectivity index (χ3v) is 2.10. The predicted octanol–water partition coefficient (Wildman–Crippen LogP) is 1.71. The Labute approximate surface area is 95.8 Å². The molecule has 0 amide bonds. The molecule has 0 unspecified atom stereocenters. The number of hydrogen-bond acceptors (Lipinski definition) is 4. The minimum atomic E-state index is 0.0288. The van der Waals surface area contributed by atoms with Crippen molar-refractivity contribution < 1.29 is 9.47 Å². The molecule has 4 heteroatoms. The molecule has 4 nitrogen and oxygen atoms in total. The normalized spacial score (nSPS) is 9.56. The highest BCUT2D eigenvalue weighted by molar-refractivity contribution is 5.43. The van der Waals surface area contributed by atoms with Crippen molar-refractivity contribution in [3.05, 3.63) is 23.8 Å². The van der Waals surface area contributed by atoms with Gasteiger partial charge >= 0.3 is 0 Å². The molecule has 0 heterocycles. The molecule has 0 saturated heterocycles. The van der Waals surface area contributed by atoms with Crippen LogP contribution in [0.4, 0.5) is 0 Å². The summed E-state index contributed by atoms with van der Waals surface area (Å²) in [7, 11) is 1.58. The first-order valence-corrected chi connectivity index (χ1v) is 5.19. The molecule has 0 aliphatic heterocycles. The van der Waals surface area contributed by atoms with E-state index in [1.54, 1.807) is 7.11 Å². The second-order valence-corrected chi connectivity index (χ2v) is 3.21. The third-order valence-electron chi connectivity index (χ3n) is 2.10. The molecule has 1 N–H and O–H groups in total. The van der Waals surface area contributed by atoms with Crippen LogP contribution < -0.4 is 14.8 Å². The van der Waals surface area contributed by atoms with Crippen LogP contribution in [0.25, 0.3) is 0 Å². The van der Waals surface area contributed by atoms with Crippen LogP contribution in [0.1, 0.15) is 12.5 Å². The van der Waals surface area contributed by atoms with Crippen molar-refractivity contribution in [1.29, 1.82) is 5.26 Å². The van der Waals surface area contributed by atoms with Crippen molar-refractivity contribution in [2.45, 2.75) is 13.5 Å². The topological polar surface area (TPSA) is 54.3 Å². The molecule has 1 rings (SSSR count). The molecule has 1 aromatic carbocycles. The van der Waals surface area contributed by atoms with Crippen molar-refractivity contribution in [2.75, 3.05) is 20.3 Å². The lowest BCUT2D eigenvalue weighted by Gasteiger charge is -2.10. The Kier molecular flexibility index (Phi) is 5.17. The summed E-state index contributed by atoms with van der Waals surface area (Å²) in [5.41, 5.74) is 1.11. The fourth-order valence-corrected chi connectivity index (χ4v) is 1.32. The van der Waals surface area contributed by atoms with Gasteiger partial charge in [0.2, 0.25) is 0 Å². The summed E-state index contributed by atoms with van der Waals surface area (Å²) in [5.74, 6) is 1.26.